The lowest BCUT2D eigenvalue weighted by Crippen LogP contribution is -2.09. The maximum Gasteiger partial charge on any atom is 0.313 e. The monoisotopic (exact) mass is 304 g/mol. The minimum absolute atomic E-state index is 0.198. The smallest absolute Gasteiger partial charge is 0.313 e. The van der Waals surface area contributed by atoms with Gasteiger partial charge < -0.3 is 4.74 Å². The van der Waals surface area contributed by atoms with Crippen molar-refractivity contribution in [3.05, 3.63) is 33.4 Å². The SMILES string of the molecule is COC(=O)CC(=O)c1cccc(I)c1. The second kappa shape index (κ2) is 5.09. The molecule has 1 aromatic carbocycles. The van der Waals surface area contributed by atoms with Crippen LogP contribution >= 0.6 is 22.6 Å². The fourth-order valence-corrected chi connectivity index (χ4v) is 1.51. The minimum Gasteiger partial charge on any atom is -0.469 e. The summed E-state index contributed by atoms with van der Waals surface area (Å²) in [5.74, 6) is -0.718. The van der Waals surface area contributed by atoms with Crippen LogP contribution in [0.1, 0.15) is 16.8 Å². The quantitative estimate of drug-likeness (QED) is 0.371. The third kappa shape index (κ3) is 3.10. The summed E-state index contributed by atoms with van der Waals surface area (Å²) in [4.78, 5) is 22.3. The zero-order valence-corrected chi connectivity index (χ0v) is 9.78. The molecule has 0 aliphatic heterocycles. The molecule has 0 saturated carbocycles. The number of hydrogen-bond donors (Lipinski definition) is 0. The predicted molar refractivity (Wildman–Crippen MR) is 60.1 cm³/mol. The molecule has 0 atom stereocenters. The van der Waals surface area contributed by atoms with Gasteiger partial charge in [0.05, 0.1) is 7.11 Å². The van der Waals surface area contributed by atoms with Gasteiger partial charge in [-0.15, -0.1) is 0 Å². The molecule has 74 valence electrons. The average Bonchev–Trinajstić information content (AvgIpc) is 2.17. The van der Waals surface area contributed by atoms with Crippen molar-refractivity contribution in [3.8, 4) is 0 Å². The number of ketones is 1. The third-order valence-electron chi connectivity index (χ3n) is 1.68. The Balaban J connectivity index is 2.75. The fourth-order valence-electron chi connectivity index (χ4n) is 0.967. The second-order valence-electron chi connectivity index (χ2n) is 2.69. The van der Waals surface area contributed by atoms with Crippen LogP contribution in [0.2, 0.25) is 0 Å². The number of esters is 1. The van der Waals surface area contributed by atoms with E-state index >= 15 is 0 Å². The largest absolute Gasteiger partial charge is 0.469 e. The summed E-state index contributed by atoms with van der Waals surface area (Å²) >= 11 is 2.11. The van der Waals surface area contributed by atoms with Crippen LogP contribution in [-0.2, 0) is 9.53 Å². The van der Waals surface area contributed by atoms with Crippen molar-refractivity contribution in [2.75, 3.05) is 7.11 Å². The maximum absolute atomic E-state index is 11.5. The van der Waals surface area contributed by atoms with E-state index in [1.807, 2.05) is 6.07 Å². The molecular weight excluding hydrogens is 295 g/mol. The number of rotatable bonds is 3. The second-order valence-corrected chi connectivity index (χ2v) is 3.93. The topological polar surface area (TPSA) is 43.4 Å². The first-order valence-electron chi connectivity index (χ1n) is 3.99. The van der Waals surface area contributed by atoms with Crippen LogP contribution in [0, 0.1) is 3.57 Å². The Labute approximate surface area is 95.6 Å². The van der Waals surface area contributed by atoms with Crippen LogP contribution in [0.15, 0.2) is 24.3 Å². The summed E-state index contributed by atoms with van der Waals surface area (Å²) in [5.41, 5.74) is 0.544. The van der Waals surface area contributed by atoms with Crippen LogP contribution < -0.4 is 0 Å². The molecule has 4 heteroatoms. The van der Waals surface area contributed by atoms with Crippen molar-refractivity contribution < 1.29 is 14.3 Å². The molecule has 0 radical (unpaired) electrons. The molecule has 0 unspecified atom stereocenters. The van der Waals surface area contributed by atoms with Gasteiger partial charge in [-0.3, -0.25) is 9.59 Å². The summed E-state index contributed by atoms with van der Waals surface area (Å²) in [5, 5.41) is 0. The van der Waals surface area contributed by atoms with Gasteiger partial charge in [-0.05, 0) is 34.7 Å². The Morgan fingerprint density at radius 2 is 2.14 bits per heavy atom. The molecule has 0 bridgehead atoms. The van der Waals surface area contributed by atoms with Gasteiger partial charge >= 0.3 is 5.97 Å². The number of halogens is 1. The van der Waals surface area contributed by atoms with E-state index in [-0.39, 0.29) is 12.2 Å². The Morgan fingerprint density at radius 1 is 1.43 bits per heavy atom. The third-order valence-corrected chi connectivity index (χ3v) is 2.35. The number of ether oxygens (including phenoxy) is 1. The fraction of sp³-hybridized carbons (Fsp3) is 0.200. The summed E-state index contributed by atoms with van der Waals surface area (Å²) in [6, 6.07) is 7.10. The lowest BCUT2D eigenvalue weighted by molar-refractivity contribution is -0.139. The Morgan fingerprint density at radius 3 is 2.71 bits per heavy atom. The van der Waals surface area contributed by atoms with E-state index in [1.165, 1.54) is 7.11 Å². The molecule has 0 aliphatic carbocycles. The molecule has 0 saturated heterocycles. The van der Waals surface area contributed by atoms with E-state index in [9.17, 15) is 9.59 Å². The maximum atomic E-state index is 11.5. The molecule has 1 rings (SSSR count). The zero-order valence-electron chi connectivity index (χ0n) is 7.62. The highest BCUT2D eigenvalue weighted by Gasteiger charge is 2.11. The van der Waals surface area contributed by atoms with E-state index in [1.54, 1.807) is 18.2 Å². The van der Waals surface area contributed by atoms with E-state index in [2.05, 4.69) is 27.3 Å². The molecule has 1 aromatic rings. The number of benzene rings is 1. The van der Waals surface area contributed by atoms with Crippen LogP contribution in [0.3, 0.4) is 0 Å². The number of Topliss-reactive ketones (excluding diaryl/α,β-unsaturated/α-hetero) is 1. The first-order valence-corrected chi connectivity index (χ1v) is 5.07. The van der Waals surface area contributed by atoms with Crippen molar-refractivity contribution in [2.45, 2.75) is 6.42 Å². The highest BCUT2D eigenvalue weighted by atomic mass is 127. The Bertz CT molecular complexity index is 360. The van der Waals surface area contributed by atoms with E-state index in [0.717, 1.165) is 3.57 Å². The van der Waals surface area contributed by atoms with Crippen LogP contribution in [-0.4, -0.2) is 18.9 Å². The van der Waals surface area contributed by atoms with Gasteiger partial charge in [-0.2, -0.15) is 0 Å². The highest BCUT2D eigenvalue weighted by molar-refractivity contribution is 14.1. The van der Waals surface area contributed by atoms with Gasteiger partial charge in [0.1, 0.15) is 6.42 Å². The zero-order chi connectivity index (χ0) is 10.6. The summed E-state index contributed by atoms with van der Waals surface area (Å²) < 4.78 is 5.38. The number of carbonyl (C=O) groups is 2. The van der Waals surface area contributed by atoms with Gasteiger partial charge in [0.25, 0.3) is 0 Å². The van der Waals surface area contributed by atoms with Gasteiger partial charge in [0.15, 0.2) is 5.78 Å². The van der Waals surface area contributed by atoms with Crippen molar-refractivity contribution in [2.24, 2.45) is 0 Å². The van der Waals surface area contributed by atoms with E-state index < -0.39 is 5.97 Å². The first kappa shape index (κ1) is 11.2. The van der Waals surface area contributed by atoms with Crippen molar-refractivity contribution in [3.63, 3.8) is 0 Å². The number of hydrogen-bond acceptors (Lipinski definition) is 3. The number of methoxy groups -OCH3 is 1. The lowest BCUT2D eigenvalue weighted by Gasteiger charge is -2.00. The Kier molecular flexibility index (Phi) is 4.06. The lowest BCUT2D eigenvalue weighted by atomic mass is 10.1. The van der Waals surface area contributed by atoms with Crippen molar-refractivity contribution in [1.82, 2.24) is 0 Å². The molecule has 0 amide bonds. The summed E-state index contributed by atoms with van der Waals surface area (Å²) in [6.45, 7) is 0. The van der Waals surface area contributed by atoms with Crippen LogP contribution in [0.4, 0.5) is 0 Å². The molecule has 0 N–H and O–H groups in total. The normalized spacial score (nSPS) is 9.57. The van der Waals surface area contributed by atoms with Gasteiger partial charge in [-0.25, -0.2) is 0 Å². The molecular formula is C10H9IO3. The van der Waals surface area contributed by atoms with Gasteiger partial charge in [0, 0.05) is 9.13 Å². The summed E-state index contributed by atoms with van der Waals surface area (Å²) in [6.07, 6.45) is -0.198. The first-order chi connectivity index (χ1) is 6.63. The van der Waals surface area contributed by atoms with Crippen molar-refractivity contribution >= 4 is 34.3 Å². The molecule has 3 nitrogen and oxygen atoms in total. The highest BCUT2D eigenvalue weighted by Crippen LogP contribution is 2.09. The van der Waals surface area contributed by atoms with Gasteiger partial charge in [0.2, 0.25) is 0 Å². The molecule has 0 aliphatic rings. The molecule has 0 spiro atoms. The van der Waals surface area contributed by atoms with Crippen LogP contribution in [0.5, 0.6) is 0 Å². The average molecular weight is 304 g/mol. The predicted octanol–water partition coefficient (Wildman–Crippen LogP) is 2.04. The van der Waals surface area contributed by atoms with Crippen LogP contribution in [0.25, 0.3) is 0 Å². The standard InChI is InChI=1S/C10H9IO3/c1-14-10(13)6-9(12)7-3-2-4-8(11)5-7/h2-5H,6H2,1H3. The molecule has 0 fully saturated rings. The Hall–Kier alpha value is -0.910. The molecule has 0 heterocycles. The molecule has 14 heavy (non-hydrogen) atoms. The molecule has 0 aromatic heterocycles. The van der Waals surface area contributed by atoms with E-state index in [4.69, 9.17) is 0 Å². The van der Waals surface area contributed by atoms with E-state index in [0.29, 0.717) is 5.56 Å². The minimum atomic E-state index is -0.506. The number of carbonyl (C=O) groups excluding carboxylic acids is 2. The van der Waals surface area contributed by atoms with Gasteiger partial charge in [-0.1, -0.05) is 12.1 Å². The van der Waals surface area contributed by atoms with Crippen molar-refractivity contribution in [1.29, 1.82) is 0 Å². The summed E-state index contributed by atoms with van der Waals surface area (Å²) in [7, 11) is 1.27.